The van der Waals surface area contributed by atoms with Crippen LogP contribution in [0.5, 0.6) is 0 Å². The maximum atomic E-state index is 12.1. The lowest BCUT2D eigenvalue weighted by molar-refractivity contribution is -0.137. The Bertz CT molecular complexity index is 629. The summed E-state index contributed by atoms with van der Waals surface area (Å²) in [6, 6.07) is 6.33. The zero-order valence-corrected chi connectivity index (χ0v) is 12.5. The lowest BCUT2D eigenvalue weighted by Crippen LogP contribution is -2.51. The summed E-state index contributed by atoms with van der Waals surface area (Å²) in [4.78, 5) is 18.0. The molecule has 0 radical (unpaired) electrons. The van der Waals surface area contributed by atoms with Crippen LogP contribution in [0.1, 0.15) is 29.4 Å². The molecular weight excluding hydrogens is 264 g/mol. The van der Waals surface area contributed by atoms with Crippen molar-refractivity contribution < 1.29 is 4.79 Å². The van der Waals surface area contributed by atoms with Gasteiger partial charge in [0.1, 0.15) is 0 Å². The molecule has 0 aromatic carbocycles. The molecule has 1 aliphatic heterocycles. The minimum atomic E-state index is 0.226. The zero-order chi connectivity index (χ0) is 14.8. The van der Waals surface area contributed by atoms with Gasteiger partial charge in [0.2, 0.25) is 5.91 Å². The highest BCUT2D eigenvalue weighted by molar-refractivity contribution is 5.77. The number of nitrogens with zero attached hydrogens (tertiary/aromatic N) is 4. The molecule has 0 bridgehead atoms. The average molecular weight is 284 g/mol. The first kappa shape index (κ1) is 13.8. The van der Waals surface area contributed by atoms with Crippen molar-refractivity contribution in [1.82, 2.24) is 19.7 Å². The van der Waals surface area contributed by atoms with Crippen LogP contribution in [0.4, 0.5) is 0 Å². The summed E-state index contributed by atoms with van der Waals surface area (Å²) in [7, 11) is 0. The van der Waals surface area contributed by atoms with Gasteiger partial charge in [-0.05, 0) is 44.0 Å². The summed E-state index contributed by atoms with van der Waals surface area (Å²) < 4.78 is 2.04. The maximum Gasteiger partial charge on any atom is 0.223 e. The van der Waals surface area contributed by atoms with E-state index in [1.54, 1.807) is 12.4 Å². The first-order valence-corrected chi connectivity index (χ1v) is 7.33. The minimum Gasteiger partial charge on any atom is -0.338 e. The molecule has 1 saturated heterocycles. The second-order valence-electron chi connectivity index (χ2n) is 5.68. The SMILES string of the molecule is Cc1cc(C)n(C2CN(C(=O)CCc3ccncc3)C2)n1. The first-order valence-electron chi connectivity index (χ1n) is 7.33. The third-order valence-electron chi connectivity index (χ3n) is 3.98. The van der Waals surface area contributed by atoms with Gasteiger partial charge in [0.25, 0.3) is 0 Å². The first-order chi connectivity index (χ1) is 10.1. The van der Waals surface area contributed by atoms with E-state index in [2.05, 4.69) is 23.1 Å². The van der Waals surface area contributed by atoms with E-state index in [1.165, 1.54) is 5.69 Å². The third-order valence-corrected chi connectivity index (χ3v) is 3.98. The summed E-state index contributed by atoms with van der Waals surface area (Å²) in [5.74, 6) is 0.226. The summed E-state index contributed by atoms with van der Waals surface area (Å²) in [6.07, 6.45) is 4.88. The van der Waals surface area contributed by atoms with Gasteiger partial charge in [0.05, 0.1) is 11.7 Å². The van der Waals surface area contributed by atoms with E-state index in [0.29, 0.717) is 12.5 Å². The molecular formula is C16H20N4O. The Morgan fingerprint density at radius 1 is 1.29 bits per heavy atom. The van der Waals surface area contributed by atoms with Gasteiger partial charge >= 0.3 is 0 Å². The highest BCUT2D eigenvalue weighted by Crippen LogP contribution is 2.23. The van der Waals surface area contributed by atoms with Gasteiger partial charge in [-0.3, -0.25) is 14.5 Å². The molecule has 0 saturated carbocycles. The van der Waals surface area contributed by atoms with Crippen LogP contribution in [-0.2, 0) is 11.2 Å². The molecule has 21 heavy (non-hydrogen) atoms. The van der Waals surface area contributed by atoms with Crippen LogP contribution < -0.4 is 0 Å². The normalized spacial score (nSPS) is 15.0. The van der Waals surface area contributed by atoms with E-state index in [-0.39, 0.29) is 5.91 Å². The van der Waals surface area contributed by atoms with Gasteiger partial charge in [0, 0.05) is 37.6 Å². The lowest BCUT2D eigenvalue weighted by atomic mass is 10.1. The summed E-state index contributed by atoms with van der Waals surface area (Å²) in [5.41, 5.74) is 3.37. The number of carbonyl (C=O) groups is 1. The molecule has 3 rings (SSSR count). The van der Waals surface area contributed by atoms with E-state index >= 15 is 0 Å². The smallest absolute Gasteiger partial charge is 0.223 e. The molecule has 5 nitrogen and oxygen atoms in total. The Balaban J connectivity index is 1.49. The van der Waals surface area contributed by atoms with Crippen LogP contribution in [0, 0.1) is 13.8 Å². The number of rotatable bonds is 4. The number of hydrogen-bond donors (Lipinski definition) is 0. The van der Waals surface area contributed by atoms with Crippen LogP contribution in [0.2, 0.25) is 0 Å². The number of amides is 1. The van der Waals surface area contributed by atoms with Crippen molar-refractivity contribution in [3.05, 3.63) is 47.5 Å². The number of likely N-dealkylation sites (tertiary alicyclic amines) is 1. The van der Waals surface area contributed by atoms with Gasteiger partial charge in [-0.25, -0.2) is 0 Å². The summed E-state index contributed by atoms with van der Waals surface area (Å²) in [6.45, 7) is 5.61. The maximum absolute atomic E-state index is 12.1. The van der Waals surface area contributed by atoms with Crippen molar-refractivity contribution >= 4 is 5.91 Å². The molecule has 0 atom stereocenters. The van der Waals surface area contributed by atoms with E-state index in [1.807, 2.05) is 28.6 Å². The Morgan fingerprint density at radius 3 is 2.62 bits per heavy atom. The molecule has 3 heterocycles. The van der Waals surface area contributed by atoms with E-state index in [0.717, 1.165) is 30.8 Å². The van der Waals surface area contributed by atoms with Gasteiger partial charge in [-0.2, -0.15) is 5.10 Å². The van der Waals surface area contributed by atoms with Crippen LogP contribution in [0.15, 0.2) is 30.6 Å². The predicted octanol–water partition coefficient (Wildman–Crippen LogP) is 1.91. The molecule has 1 amide bonds. The highest BCUT2D eigenvalue weighted by atomic mass is 16.2. The largest absolute Gasteiger partial charge is 0.338 e. The predicted molar refractivity (Wildman–Crippen MR) is 79.9 cm³/mol. The summed E-state index contributed by atoms with van der Waals surface area (Å²) in [5, 5.41) is 4.49. The van der Waals surface area contributed by atoms with Crippen LogP contribution in [0.3, 0.4) is 0 Å². The van der Waals surface area contributed by atoms with Crippen molar-refractivity contribution in [3.8, 4) is 0 Å². The Labute approximate surface area is 124 Å². The molecule has 0 spiro atoms. The number of aromatic nitrogens is 3. The van der Waals surface area contributed by atoms with Crippen molar-refractivity contribution in [2.24, 2.45) is 0 Å². The molecule has 0 N–H and O–H groups in total. The summed E-state index contributed by atoms with van der Waals surface area (Å²) >= 11 is 0. The fraction of sp³-hybridized carbons (Fsp3) is 0.438. The molecule has 0 aliphatic carbocycles. The molecule has 2 aromatic heterocycles. The van der Waals surface area contributed by atoms with E-state index < -0.39 is 0 Å². The number of carbonyl (C=O) groups excluding carboxylic acids is 1. The van der Waals surface area contributed by atoms with Gasteiger partial charge in [0.15, 0.2) is 0 Å². The van der Waals surface area contributed by atoms with Gasteiger partial charge < -0.3 is 4.90 Å². The highest BCUT2D eigenvalue weighted by Gasteiger charge is 2.32. The minimum absolute atomic E-state index is 0.226. The fourth-order valence-electron chi connectivity index (χ4n) is 2.79. The van der Waals surface area contributed by atoms with Crippen LogP contribution in [-0.4, -0.2) is 38.7 Å². The standard InChI is InChI=1S/C16H20N4O/c1-12-9-13(2)20(18-12)15-10-19(11-15)16(21)4-3-14-5-7-17-8-6-14/h5-9,15H,3-4,10-11H2,1-2H3. The van der Waals surface area contributed by atoms with E-state index in [4.69, 9.17) is 0 Å². The second kappa shape index (κ2) is 5.68. The second-order valence-corrected chi connectivity index (χ2v) is 5.68. The molecule has 1 fully saturated rings. The number of hydrogen-bond acceptors (Lipinski definition) is 3. The van der Waals surface area contributed by atoms with Crippen LogP contribution in [0.25, 0.3) is 0 Å². The zero-order valence-electron chi connectivity index (χ0n) is 12.5. The van der Waals surface area contributed by atoms with Crippen LogP contribution >= 0.6 is 0 Å². The Morgan fingerprint density at radius 2 is 2.00 bits per heavy atom. The molecule has 5 heteroatoms. The van der Waals surface area contributed by atoms with Crippen molar-refractivity contribution in [3.63, 3.8) is 0 Å². The van der Waals surface area contributed by atoms with Gasteiger partial charge in [-0.15, -0.1) is 0 Å². The van der Waals surface area contributed by atoms with Gasteiger partial charge in [-0.1, -0.05) is 0 Å². The molecule has 2 aromatic rings. The fourth-order valence-corrected chi connectivity index (χ4v) is 2.79. The van der Waals surface area contributed by atoms with Crippen molar-refractivity contribution in [2.45, 2.75) is 32.7 Å². The molecule has 0 unspecified atom stereocenters. The topological polar surface area (TPSA) is 51.0 Å². The Hall–Kier alpha value is -2.17. The Kier molecular flexibility index (Phi) is 3.73. The quantitative estimate of drug-likeness (QED) is 0.862. The van der Waals surface area contributed by atoms with E-state index in [9.17, 15) is 4.79 Å². The molecule has 1 aliphatic rings. The van der Waals surface area contributed by atoms with Crippen molar-refractivity contribution in [2.75, 3.05) is 13.1 Å². The number of aryl methyl sites for hydroxylation is 3. The average Bonchev–Trinajstić information content (AvgIpc) is 2.75. The molecule has 110 valence electrons. The lowest BCUT2D eigenvalue weighted by Gasteiger charge is -2.39. The number of pyridine rings is 1. The van der Waals surface area contributed by atoms with Crippen molar-refractivity contribution in [1.29, 1.82) is 0 Å². The monoisotopic (exact) mass is 284 g/mol. The third kappa shape index (κ3) is 2.96.